The number of nitro benzene ring substituents is 1. The Morgan fingerprint density at radius 2 is 1.78 bits per heavy atom. The van der Waals surface area contributed by atoms with E-state index in [2.05, 4.69) is 10.3 Å². The Morgan fingerprint density at radius 3 is 2.38 bits per heavy atom. The molecular weight excluding hydrogens is 438 g/mol. The van der Waals surface area contributed by atoms with Crippen molar-refractivity contribution in [3.63, 3.8) is 0 Å². The molecule has 0 aliphatic carbocycles. The molecule has 0 bridgehead atoms. The highest BCUT2D eigenvalue weighted by Crippen LogP contribution is 2.63. The molecule has 10 nitrogen and oxygen atoms in total. The first kappa shape index (κ1) is 20.9. The second-order valence-electron chi connectivity index (χ2n) is 7.70. The molecule has 3 heterocycles. The first-order chi connectivity index (χ1) is 15.3. The van der Waals surface area contributed by atoms with Crippen LogP contribution in [0.25, 0.3) is 16.9 Å². The van der Waals surface area contributed by atoms with E-state index in [9.17, 15) is 19.1 Å². The molecular formula is C20H20FN6O4P. The maximum atomic E-state index is 13.3. The van der Waals surface area contributed by atoms with E-state index in [0.717, 1.165) is 26.2 Å². The standard InChI is InChI=1S/C20H20FN6O4P/c1-14(31-32(30,24-8-9-24)25-10-11-25)15-2-7-20(27(28)29)18(12-15)19-13-26(23-22-19)17-5-3-16(21)4-6-17/h2-7,12-14H,8-11H2,1H3. The molecule has 1 aromatic heterocycles. The van der Waals surface area contributed by atoms with Crippen molar-refractivity contribution < 1.29 is 18.4 Å². The molecule has 2 aliphatic rings. The molecule has 0 N–H and O–H groups in total. The van der Waals surface area contributed by atoms with Gasteiger partial charge < -0.3 is 0 Å². The third-order valence-electron chi connectivity index (χ3n) is 5.40. The fraction of sp³-hybridized carbons (Fsp3) is 0.300. The van der Waals surface area contributed by atoms with Crippen molar-refractivity contribution in [2.24, 2.45) is 0 Å². The van der Waals surface area contributed by atoms with E-state index in [-0.39, 0.29) is 22.8 Å². The lowest BCUT2D eigenvalue weighted by atomic mass is 10.0. The number of nitrogens with zero attached hydrogens (tertiary/aromatic N) is 6. The molecule has 0 amide bonds. The van der Waals surface area contributed by atoms with Crippen LogP contribution in [0, 0.1) is 15.9 Å². The number of halogens is 1. The zero-order valence-electron chi connectivity index (χ0n) is 17.2. The van der Waals surface area contributed by atoms with E-state index in [1.807, 2.05) is 9.34 Å². The molecule has 2 saturated heterocycles. The fourth-order valence-corrected chi connectivity index (χ4v) is 5.80. The minimum Gasteiger partial charge on any atom is -0.298 e. The average Bonchev–Trinajstić information content (AvgIpc) is 3.70. The average molecular weight is 458 g/mol. The van der Waals surface area contributed by atoms with Crippen LogP contribution in [0.15, 0.2) is 48.7 Å². The Morgan fingerprint density at radius 1 is 1.12 bits per heavy atom. The Balaban J connectivity index is 1.47. The van der Waals surface area contributed by atoms with Crippen molar-refractivity contribution in [2.45, 2.75) is 13.0 Å². The largest absolute Gasteiger partial charge is 0.346 e. The number of aromatic nitrogens is 3. The van der Waals surface area contributed by atoms with Gasteiger partial charge in [-0.3, -0.25) is 19.2 Å². The molecule has 2 aliphatic heterocycles. The van der Waals surface area contributed by atoms with E-state index in [4.69, 9.17) is 4.52 Å². The Hall–Kier alpha value is -2.98. The van der Waals surface area contributed by atoms with Crippen LogP contribution in [0.3, 0.4) is 0 Å². The van der Waals surface area contributed by atoms with Gasteiger partial charge in [0.2, 0.25) is 0 Å². The fourth-order valence-electron chi connectivity index (χ4n) is 3.45. The minimum atomic E-state index is -3.05. The first-order valence-corrected chi connectivity index (χ1v) is 11.6. The Labute approximate surface area is 182 Å². The van der Waals surface area contributed by atoms with E-state index < -0.39 is 18.7 Å². The van der Waals surface area contributed by atoms with Gasteiger partial charge in [-0.15, -0.1) is 5.10 Å². The molecule has 5 rings (SSSR count). The van der Waals surface area contributed by atoms with E-state index in [0.29, 0.717) is 11.3 Å². The van der Waals surface area contributed by atoms with Gasteiger partial charge in [0.15, 0.2) is 0 Å². The van der Waals surface area contributed by atoms with Gasteiger partial charge in [-0.1, -0.05) is 5.21 Å². The highest BCUT2D eigenvalue weighted by Gasteiger charge is 2.50. The Kier molecular flexibility index (Phi) is 5.13. The summed E-state index contributed by atoms with van der Waals surface area (Å²) < 4.78 is 37.6. The van der Waals surface area contributed by atoms with Gasteiger partial charge in [0, 0.05) is 32.2 Å². The molecule has 32 heavy (non-hydrogen) atoms. The predicted molar refractivity (Wildman–Crippen MR) is 114 cm³/mol. The highest BCUT2D eigenvalue weighted by molar-refractivity contribution is 7.54. The first-order valence-electron chi connectivity index (χ1n) is 10.1. The number of hydrogen-bond acceptors (Lipinski definition) is 6. The summed E-state index contributed by atoms with van der Waals surface area (Å²) >= 11 is 0. The van der Waals surface area contributed by atoms with Crippen molar-refractivity contribution in [1.82, 2.24) is 24.3 Å². The zero-order chi connectivity index (χ0) is 22.5. The molecule has 0 spiro atoms. The summed E-state index contributed by atoms with van der Waals surface area (Å²) in [5.41, 5.74) is 1.64. The molecule has 12 heteroatoms. The summed E-state index contributed by atoms with van der Waals surface area (Å²) in [4.78, 5) is 11.1. The highest BCUT2D eigenvalue weighted by atomic mass is 31.2. The summed E-state index contributed by atoms with van der Waals surface area (Å²) in [7, 11) is -3.05. The van der Waals surface area contributed by atoms with Crippen LogP contribution in [0.4, 0.5) is 10.1 Å². The maximum Gasteiger partial charge on any atom is 0.346 e. The monoisotopic (exact) mass is 458 g/mol. The van der Waals surface area contributed by atoms with Crippen molar-refractivity contribution >= 4 is 13.4 Å². The van der Waals surface area contributed by atoms with Crippen molar-refractivity contribution in [2.75, 3.05) is 26.2 Å². The summed E-state index contributed by atoms with van der Waals surface area (Å²) in [6.45, 7) is 4.72. The number of hydrogen-bond donors (Lipinski definition) is 0. The van der Waals surface area contributed by atoms with Crippen molar-refractivity contribution in [3.05, 3.63) is 70.2 Å². The van der Waals surface area contributed by atoms with Crippen LogP contribution in [0.2, 0.25) is 0 Å². The molecule has 166 valence electrons. The summed E-state index contributed by atoms with van der Waals surface area (Å²) in [5, 5.41) is 19.7. The second-order valence-corrected chi connectivity index (χ2v) is 10.0. The van der Waals surface area contributed by atoms with Crippen LogP contribution in [0.1, 0.15) is 18.6 Å². The minimum absolute atomic E-state index is 0.132. The third kappa shape index (κ3) is 3.95. The van der Waals surface area contributed by atoms with Crippen molar-refractivity contribution in [1.29, 1.82) is 0 Å². The molecule has 1 unspecified atom stereocenters. The lowest BCUT2D eigenvalue weighted by Crippen LogP contribution is -2.10. The molecule has 2 aromatic carbocycles. The Bertz CT molecular complexity index is 1210. The van der Waals surface area contributed by atoms with Gasteiger partial charge >= 0.3 is 7.67 Å². The molecule has 2 fully saturated rings. The normalized spacial score (nSPS) is 17.3. The number of rotatable bonds is 8. The summed E-state index contributed by atoms with van der Waals surface area (Å²) in [6, 6.07) is 10.3. The maximum absolute atomic E-state index is 13.3. The molecule has 3 aromatic rings. The summed E-state index contributed by atoms with van der Waals surface area (Å²) in [6.07, 6.45) is 0.996. The topological polar surface area (TPSA) is 106 Å². The predicted octanol–water partition coefficient (Wildman–Crippen LogP) is 3.80. The number of benzene rings is 2. The molecule has 0 saturated carbocycles. The van der Waals surface area contributed by atoms with E-state index in [1.54, 1.807) is 25.3 Å². The van der Waals surface area contributed by atoms with Gasteiger partial charge in [0.25, 0.3) is 5.69 Å². The van der Waals surface area contributed by atoms with Crippen molar-refractivity contribution in [3.8, 4) is 16.9 Å². The molecule has 1 atom stereocenters. The zero-order valence-corrected chi connectivity index (χ0v) is 18.1. The van der Waals surface area contributed by atoms with E-state index >= 15 is 0 Å². The van der Waals surface area contributed by atoms with Crippen LogP contribution in [0.5, 0.6) is 0 Å². The van der Waals surface area contributed by atoms with Gasteiger partial charge in [0.05, 0.1) is 28.5 Å². The molecule has 0 radical (unpaired) electrons. The quantitative estimate of drug-likeness (QED) is 0.217. The van der Waals surface area contributed by atoms with Crippen LogP contribution in [-0.2, 0) is 9.09 Å². The van der Waals surface area contributed by atoms with Gasteiger partial charge in [0.1, 0.15) is 11.5 Å². The summed E-state index contributed by atoms with van der Waals surface area (Å²) in [5.74, 6) is -0.381. The lowest BCUT2D eigenvalue weighted by molar-refractivity contribution is -0.384. The second kappa shape index (κ2) is 7.86. The van der Waals surface area contributed by atoms with Gasteiger partial charge in [-0.05, 0) is 48.9 Å². The SMILES string of the molecule is CC(OP(=O)(N1CC1)N1CC1)c1ccc([N+](=O)[O-])c(-c2cn(-c3ccc(F)cc3)nn2)c1. The van der Waals surface area contributed by atoms with E-state index in [1.165, 1.54) is 35.0 Å². The van der Waals surface area contributed by atoms with Crippen LogP contribution < -0.4 is 0 Å². The van der Waals surface area contributed by atoms with Crippen LogP contribution >= 0.6 is 7.67 Å². The third-order valence-corrected chi connectivity index (χ3v) is 8.23. The van der Waals surface area contributed by atoms with Crippen LogP contribution in [-0.4, -0.2) is 55.4 Å². The van der Waals surface area contributed by atoms with Gasteiger partial charge in [-0.2, -0.15) is 0 Å². The smallest absolute Gasteiger partial charge is 0.298 e. The lowest BCUT2D eigenvalue weighted by Gasteiger charge is -2.24. The number of nitro groups is 1. The van der Waals surface area contributed by atoms with Gasteiger partial charge in [-0.25, -0.2) is 18.4 Å².